The van der Waals surface area contributed by atoms with Crippen LogP contribution in [0, 0.1) is 0 Å². The molecule has 3 aliphatic heterocycles. The molecule has 0 aromatic carbocycles. The van der Waals surface area contributed by atoms with E-state index in [1.54, 1.807) is 6.34 Å². The second kappa shape index (κ2) is 4.94. The Kier molecular flexibility index (Phi) is 3.73. The molecule has 0 unspecified atom stereocenters. The molecule has 0 aromatic rings. The van der Waals surface area contributed by atoms with Crippen molar-refractivity contribution in [3.05, 3.63) is 0 Å². The van der Waals surface area contributed by atoms with Crippen LogP contribution in [-0.2, 0) is 0 Å². The fourth-order valence-electron chi connectivity index (χ4n) is 3.35. The first kappa shape index (κ1) is 12.8. The molecule has 0 aromatic heterocycles. The maximum absolute atomic E-state index is 5.38. The number of nitrogens with two attached hydrogens (primary N) is 1. The van der Waals surface area contributed by atoms with Crippen molar-refractivity contribution in [2.45, 2.75) is 25.8 Å². The van der Waals surface area contributed by atoms with Crippen LogP contribution in [0.5, 0.6) is 0 Å². The number of quaternary nitrogens is 2. The highest BCUT2D eigenvalue weighted by molar-refractivity contribution is 5.43. The average Bonchev–Trinajstić information content (AvgIpc) is 2.32. The normalized spacial score (nSPS) is 38.7. The third kappa shape index (κ3) is 2.99. The van der Waals surface area contributed by atoms with Crippen molar-refractivity contribution in [3.8, 4) is 0 Å². The van der Waals surface area contributed by atoms with Gasteiger partial charge in [0.15, 0.2) is 0 Å². The lowest BCUT2D eigenvalue weighted by atomic mass is 10.1. The van der Waals surface area contributed by atoms with E-state index < -0.39 is 0 Å². The van der Waals surface area contributed by atoms with Crippen molar-refractivity contribution in [3.63, 3.8) is 0 Å². The third-order valence-corrected chi connectivity index (χ3v) is 4.99. The molecule has 2 bridgehead atoms. The molecule has 0 spiro atoms. The van der Waals surface area contributed by atoms with Crippen molar-refractivity contribution in [1.82, 2.24) is 0 Å². The molecule has 3 fully saturated rings. The number of nitrogens with one attached hydrogen (secondary N) is 1. The first-order valence-electron chi connectivity index (χ1n) is 7.06. The molecule has 4 heteroatoms. The summed E-state index contributed by atoms with van der Waals surface area (Å²) in [5.41, 5.74) is 5.38. The first-order valence-corrected chi connectivity index (χ1v) is 7.06. The van der Waals surface area contributed by atoms with E-state index in [0.717, 1.165) is 0 Å². The molecule has 3 aliphatic rings. The summed E-state index contributed by atoms with van der Waals surface area (Å²) in [6.45, 7) is 12.0. The zero-order valence-electron chi connectivity index (χ0n) is 11.5. The van der Waals surface area contributed by atoms with Gasteiger partial charge in [0.25, 0.3) is 0 Å². The van der Waals surface area contributed by atoms with Gasteiger partial charge in [0.05, 0.1) is 19.6 Å². The minimum absolute atomic E-state index is 0.522. The van der Waals surface area contributed by atoms with Gasteiger partial charge in [-0.05, 0) is 13.3 Å². The maximum Gasteiger partial charge on any atom is 0.227 e. The molecule has 3 rings (SSSR count). The lowest BCUT2D eigenvalue weighted by molar-refractivity contribution is -1.07. The van der Waals surface area contributed by atoms with Crippen molar-refractivity contribution in [2.75, 3.05) is 52.9 Å². The Morgan fingerprint density at radius 1 is 1.18 bits per heavy atom. The summed E-state index contributed by atoms with van der Waals surface area (Å²) in [5, 5.41) is 0. The number of hydrogen-bond donors (Lipinski definition) is 2. The van der Waals surface area contributed by atoms with Crippen molar-refractivity contribution >= 4 is 6.34 Å². The standard InChI is InChI=1S/C13H28N4/c1-13(15-12-14)4-3-5-17-9-6-16(2,7-10-17)8-11-17/h12-13H,3-11H2,1-2H3,(H2,14,15)/q+2/p+1/t13-,16?,17?/m0/s1. The highest BCUT2D eigenvalue weighted by atomic mass is 15.5. The topological polar surface area (TPSA) is 40.0 Å². The number of nitrogens with zero attached hydrogens (tertiary/aromatic N) is 2. The van der Waals surface area contributed by atoms with Crippen LogP contribution in [0.3, 0.4) is 0 Å². The fraction of sp³-hybridized carbons (Fsp3) is 0.923. The molecule has 3 heterocycles. The summed E-state index contributed by atoms with van der Waals surface area (Å²) in [5.74, 6) is 0. The molecular formula is C13H29N4+3. The van der Waals surface area contributed by atoms with Gasteiger partial charge in [0.2, 0.25) is 6.34 Å². The maximum atomic E-state index is 5.38. The van der Waals surface area contributed by atoms with Gasteiger partial charge in [0, 0.05) is 6.42 Å². The molecule has 1 atom stereocenters. The van der Waals surface area contributed by atoms with E-state index in [0.29, 0.717) is 6.04 Å². The number of likely N-dealkylation sites (N-methyl/N-ethyl adjacent to an activating group) is 1. The number of rotatable bonds is 5. The van der Waals surface area contributed by atoms with Gasteiger partial charge < -0.3 is 8.97 Å². The predicted molar refractivity (Wildman–Crippen MR) is 70.4 cm³/mol. The van der Waals surface area contributed by atoms with Crippen molar-refractivity contribution < 1.29 is 14.0 Å². The zero-order valence-corrected chi connectivity index (χ0v) is 11.5. The van der Waals surface area contributed by atoms with Gasteiger partial charge in [-0.15, -0.1) is 0 Å². The minimum atomic E-state index is 0.522. The predicted octanol–water partition coefficient (Wildman–Crippen LogP) is -1.49. The van der Waals surface area contributed by atoms with Gasteiger partial charge in [-0.3, -0.25) is 10.7 Å². The van der Waals surface area contributed by atoms with E-state index in [1.165, 1.54) is 67.6 Å². The van der Waals surface area contributed by atoms with E-state index in [4.69, 9.17) is 5.73 Å². The van der Waals surface area contributed by atoms with Crippen molar-refractivity contribution in [2.24, 2.45) is 5.73 Å². The molecule has 0 saturated carbocycles. The Morgan fingerprint density at radius 2 is 1.76 bits per heavy atom. The molecule has 0 amide bonds. The quantitative estimate of drug-likeness (QED) is 0.344. The summed E-state index contributed by atoms with van der Waals surface area (Å²) in [6, 6.07) is 0.522. The molecule has 98 valence electrons. The van der Waals surface area contributed by atoms with Crippen LogP contribution in [0.25, 0.3) is 0 Å². The Balaban J connectivity index is 1.76. The minimum Gasteiger partial charge on any atom is -0.312 e. The van der Waals surface area contributed by atoms with Crippen LogP contribution < -0.4 is 10.7 Å². The Hall–Kier alpha value is -0.610. The van der Waals surface area contributed by atoms with Crippen LogP contribution in [-0.4, -0.2) is 74.2 Å². The van der Waals surface area contributed by atoms with E-state index in [1.807, 2.05) is 0 Å². The first-order chi connectivity index (χ1) is 8.08. The zero-order chi connectivity index (χ0) is 12.4. The molecule has 3 N–H and O–H groups in total. The monoisotopic (exact) mass is 241 g/mol. The van der Waals surface area contributed by atoms with Gasteiger partial charge in [-0.25, -0.2) is 0 Å². The van der Waals surface area contributed by atoms with Gasteiger partial charge in [-0.2, -0.15) is 0 Å². The van der Waals surface area contributed by atoms with Gasteiger partial charge in [-0.1, -0.05) is 0 Å². The van der Waals surface area contributed by atoms with E-state index in [9.17, 15) is 0 Å². The number of piperazine rings is 3. The summed E-state index contributed by atoms with van der Waals surface area (Å²) >= 11 is 0. The van der Waals surface area contributed by atoms with E-state index in [-0.39, 0.29) is 0 Å². The Labute approximate surface area is 105 Å². The third-order valence-electron chi connectivity index (χ3n) is 4.99. The van der Waals surface area contributed by atoms with Gasteiger partial charge >= 0.3 is 0 Å². The lowest BCUT2D eigenvalue weighted by Crippen LogP contribution is -2.77. The van der Waals surface area contributed by atoms with E-state index in [2.05, 4.69) is 19.0 Å². The second-order valence-corrected chi connectivity index (χ2v) is 6.40. The van der Waals surface area contributed by atoms with E-state index >= 15 is 0 Å². The Bertz CT molecular complexity index is 263. The fourth-order valence-corrected chi connectivity index (χ4v) is 3.35. The summed E-state index contributed by atoms with van der Waals surface area (Å²) in [7, 11) is 2.43. The van der Waals surface area contributed by atoms with Gasteiger partial charge in [0.1, 0.15) is 39.3 Å². The lowest BCUT2D eigenvalue weighted by Gasteiger charge is -2.54. The Morgan fingerprint density at radius 3 is 2.29 bits per heavy atom. The average molecular weight is 241 g/mol. The summed E-state index contributed by atoms with van der Waals surface area (Å²) < 4.78 is 2.73. The second-order valence-electron chi connectivity index (χ2n) is 6.40. The summed E-state index contributed by atoms with van der Waals surface area (Å²) in [4.78, 5) is 3.17. The highest BCUT2D eigenvalue weighted by Gasteiger charge is 2.46. The van der Waals surface area contributed by atoms with Crippen LogP contribution in [0.4, 0.5) is 0 Å². The van der Waals surface area contributed by atoms with Crippen LogP contribution >= 0.6 is 0 Å². The van der Waals surface area contributed by atoms with Crippen LogP contribution in [0.1, 0.15) is 19.8 Å². The smallest absolute Gasteiger partial charge is 0.227 e. The summed E-state index contributed by atoms with van der Waals surface area (Å²) in [6.07, 6.45) is 4.13. The molecule has 4 nitrogen and oxygen atoms in total. The largest absolute Gasteiger partial charge is 0.312 e. The number of fused-ring (bicyclic) bond motifs is 3. The van der Waals surface area contributed by atoms with Crippen molar-refractivity contribution in [1.29, 1.82) is 0 Å². The number of hydrogen-bond acceptors (Lipinski definition) is 0. The molecule has 17 heavy (non-hydrogen) atoms. The van der Waals surface area contributed by atoms with Crippen LogP contribution in [0.2, 0.25) is 0 Å². The van der Waals surface area contributed by atoms with Crippen LogP contribution in [0.15, 0.2) is 0 Å². The molecule has 0 aliphatic carbocycles. The molecular weight excluding hydrogens is 212 g/mol. The molecule has 3 saturated heterocycles. The highest BCUT2D eigenvalue weighted by Crippen LogP contribution is 2.25. The molecule has 0 radical (unpaired) electrons. The SMILES string of the molecule is C[C@@H](CCC[N+]12CC[N+](C)(CC1)CC2)[NH+]=CN.